The monoisotopic (exact) mass is 301 g/mol. The summed E-state index contributed by atoms with van der Waals surface area (Å²) in [6.07, 6.45) is 0. The number of esters is 1. The summed E-state index contributed by atoms with van der Waals surface area (Å²) in [5, 5.41) is 1.14. The van der Waals surface area contributed by atoms with E-state index in [0.29, 0.717) is 12.2 Å². The van der Waals surface area contributed by atoms with Crippen molar-refractivity contribution < 1.29 is 22.6 Å². The summed E-state index contributed by atoms with van der Waals surface area (Å²) < 4.78 is 29.9. The standard InChI is InChI=1S/C12H18N2O5S/c1-13(9-12(15)18-3)8-10-4-6-11(7-5-10)14(2)19-20(16)17/h4-7H,8-9H2,1-3H3,(H,16,17)/p-1. The number of hydrogen-bond acceptors (Lipinski definition) is 7. The van der Waals surface area contributed by atoms with Crippen LogP contribution in [0.15, 0.2) is 24.3 Å². The second-order valence-corrected chi connectivity index (χ2v) is 4.75. The minimum Gasteiger partial charge on any atom is -0.748 e. The number of rotatable bonds is 7. The van der Waals surface area contributed by atoms with Crippen molar-refractivity contribution in [2.75, 3.05) is 32.8 Å². The predicted molar refractivity (Wildman–Crippen MR) is 73.2 cm³/mol. The number of nitrogens with zero attached hydrogens (tertiary/aromatic N) is 2. The summed E-state index contributed by atoms with van der Waals surface area (Å²) in [6, 6.07) is 7.12. The molecular formula is C12H17N2O5S-. The molecule has 0 N–H and O–H groups in total. The van der Waals surface area contributed by atoms with Crippen molar-refractivity contribution in [2.24, 2.45) is 0 Å². The van der Waals surface area contributed by atoms with Crippen LogP contribution in [0.3, 0.4) is 0 Å². The Bertz CT molecular complexity index is 465. The molecule has 1 atom stereocenters. The van der Waals surface area contributed by atoms with Crippen LogP contribution in [0, 0.1) is 0 Å². The molecule has 20 heavy (non-hydrogen) atoms. The Hall–Kier alpha value is -1.48. The molecule has 1 rings (SSSR count). The number of likely N-dealkylation sites (N-methyl/N-ethyl adjacent to an activating group) is 1. The molecule has 0 saturated carbocycles. The fourth-order valence-electron chi connectivity index (χ4n) is 1.60. The quantitative estimate of drug-likeness (QED) is 0.411. The summed E-state index contributed by atoms with van der Waals surface area (Å²) >= 11 is -2.60. The van der Waals surface area contributed by atoms with Crippen molar-refractivity contribution >= 4 is 23.0 Å². The Morgan fingerprint density at radius 2 is 1.90 bits per heavy atom. The van der Waals surface area contributed by atoms with E-state index in [1.807, 2.05) is 17.0 Å². The number of carbonyl (C=O) groups is 1. The van der Waals surface area contributed by atoms with Crippen LogP contribution in [0.2, 0.25) is 0 Å². The molecule has 0 aliphatic heterocycles. The van der Waals surface area contributed by atoms with Gasteiger partial charge in [0.25, 0.3) is 0 Å². The van der Waals surface area contributed by atoms with Crippen molar-refractivity contribution in [1.82, 2.24) is 4.90 Å². The molecule has 1 aromatic rings. The van der Waals surface area contributed by atoms with Crippen LogP contribution in [-0.4, -0.2) is 47.4 Å². The number of hydroxylamine groups is 1. The van der Waals surface area contributed by atoms with Crippen LogP contribution < -0.4 is 5.06 Å². The summed E-state index contributed by atoms with van der Waals surface area (Å²) in [5.41, 5.74) is 1.59. The molecule has 0 fully saturated rings. The Kier molecular flexibility index (Phi) is 6.59. The second kappa shape index (κ2) is 7.95. The van der Waals surface area contributed by atoms with E-state index < -0.39 is 11.4 Å². The van der Waals surface area contributed by atoms with E-state index in [4.69, 9.17) is 0 Å². The van der Waals surface area contributed by atoms with Gasteiger partial charge in [-0.3, -0.25) is 9.69 Å². The zero-order valence-electron chi connectivity index (χ0n) is 11.6. The number of carbonyl (C=O) groups excluding carboxylic acids is 1. The lowest BCUT2D eigenvalue weighted by molar-refractivity contribution is -0.141. The van der Waals surface area contributed by atoms with Gasteiger partial charge in [-0.25, -0.2) is 9.27 Å². The minimum atomic E-state index is -2.60. The lowest BCUT2D eigenvalue weighted by Gasteiger charge is -2.20. The molecular weight excluding hydrogens is 284 g/mol. The van der Waals surface area contributed by atoms with Crippen molar-refractivity contribution in [3.05, 3.63) is 29.8 Å². The van der Waals surface area contributed by atoms with Gasteiger partial charge in [0.2, 0.25) is 0 Å². The van der Waals surface area contributed by atoms with Crippen LogP contribution in [-0.2, 0) is 31.7 Å². The predicted octanol–water partition coefficient (Wildman–Crippen LogP) is 0.453. The molecule has 1 aromatic carbocycles. The average Bonchev–Trinajstić information content (AvgIpc) is 2.38. The highest BCUT2D eigenvalue weighted by atomic mass is 32.2. The minimum absolute atomic E-state index is 0.205. The number of methoxy groups -OCH3 is 1. The molecule has 0 heterocycles. The molecule has 0 aliphatic carbocycles. The fraction of sp³-hybridized carbons (Fsp3) is 0.417. The molecule has 0 aliphatic rings. The van der Waals surface area contributed by atoms with Gasteiger partial charge in [-0.1, -0.05) is 12.1 Å². The zero-order valence-corrected chi connectivity index (χ0v) is 12.4. The first-order valence-electron chi connectivity index (χ1n) is 5.78. The van der Waals surface area contributed by atoms with Gasteiger partial charge in [0.05, 0.1) is 19.3 Å². The molecule has 112 valence electrons. The lowest BCUT2D eigenvalue weighted by atomic mass is 10.2. The molecule has 7 nitrogen and oxygen atoms in total. The van der Waals surface area contributed by atoms with E-state index in [1.165, 1.54) is 14.2 Å². The van der Waals surface area contributed by atoms with Crippen molar-refractivity contribution in [3.63, 3.8) is 0 Å². The Morgan fingerprint density at radius 1 is 1.30 bits per heavy atom. The lowest BCUT2D eigenvalue weighted by Crippen LogP contribution is -2.26. The van der Waals surface area contributed by atoms with Crippen LogP contribution in [0.4, 0.5) is 5.69 Å². The molecule has 0 amide bonds. The SMILES string of the molecule is COC(=O)CN(C)Cc1ccc(N(C)OS(=O)[O-])cc1. The Morgan fingerprint density at radius 3 is 2.40 bits per heavy atom. The van der Waals surface area contributed by atoms with Gasteiger partial charge in [0.15, 0.2) is 0 Å². The molecule has 1 unspecified atom stereocenters. The maximum atomic E-state index is 11.1. The van der Waals surface area contributed by atoms with Gasteiger partial charge in [-0.2, -0.15) is 4.28 Å². The van der Waals surface area contributed by atoms with Crippen molar-refractivity contribution in [1.29, 1.82) is 0 Å². The summed E-state index contributed by atoms with van der Waals surface area (Å²) in [7, 11) is 4.65. The van der Waals surface area contributed by atoms with E-state index in [2.05, 4.69) is 9.02 Å². The highest BCUT2D eigenvalue weighted by molar-refractivity contribution is 7.74. The van der Waals surface area contributed by atoms with Crippen LogP contribution in [0.5, 0.6) is 0 Å². The summed E-state index contributed by atoms with van der Waals surface area (Å²) in [6.45, 7) is 0.782. The Balaban J connectivity index is 2.58. The maximum Gasteiger partial charge on any atom is 0.319 e. The van der Waals surface area contributed by atoms with Gasteiger partial charge >= 0.3 is 5.97 Å². The highest BCUT2D eigenvalue weighted by Gasteiger charge is 2.07. The van der Waals surface area contributed by atoms with Gasteiger partial charge in [0, 0.05) is 13.6 Å². The second-order valence-electron chi connectivity index (χ2n) is 4.19. The highest BCUT2D eigenvalue weighted by Crippen LogP contribution is 2.15. The van der Waals surface area contributed by atoms with Crippen molar-refractivity contribution in [3.8, 4) is 0 Å². The third-order valence-electron chi connectivity index (χ3n) is 2.55. The van der Waals surface area contributed by atoms with Crippen LogP contribution in [0.25, 0.3) is 0 Å². The van der Waals surface area contributed by atoms with E-state index in [9.17, 15) is 13.6 Å². The molecule has 0 bridgehead atoms. The van der Waals surface area contributed by atoms with Crippen LogP contribution in [0.1, 0.15) is 5.56 Å². The van der Waals surface area contributed by atoms with Gasteiger partial charge in [-0.15, -0.1) is 0 Å². The fourth-order valence-corrected chi connectivity index (χ4v) is 1.87. The first-order chi connectivity index (χ1) is 9.42. The first kappa shape index (κ1) is 16.6. The van der Waals surface area contributed by atoms with Gasteiger partial charge < -0.3 is 9.29 Å². The van der Waals surface area contributed by atoms with Crippen LogP contribution >= 0.6 is 0 Å². The number of ether oxygens (including phenoxy) is 1. The summed E-state index contributed by atoms with van der Waals surface area (Å²) in [5.74, 6) is -0.296. The zero-order chi connectivity index (χ0) is 15.1. The van der Waals surface area contributed by atoms with Crippen molar-refractivity contribution in [2.45, 2.75) is 6.54 Å². The normalized spacial score (nSPS) is 12.2. The Labute approximate surface area is 120 Å². The molecule has 0 aromatic heterocycles. The van der Waals surface area contributed by atoms with E-state index in [0.717, 1.165) is 10.6 Å². The largest absolute Gasteiger partial charge is 0.748 e. The number of anilines is 1. The first-order valence-corrected chi connectivity index (χ1v) is 6.78. The average molecular weight is 301 g/mol. The number of benzene rings is 1. The maximum absolute atomic E-state index is 11.1. The molecule has 8 heteroatoms. The van der Waals surface area contributed by atoms with E-state index >= 15 is 0 Å². The molecule has 0 radical (unpaired) electrons. The summed E-state index contributed by atoms with van der Waals surface area (Å²) in [4.78, 5) is 12.9. The van der Waals surface area contributed by atoms with Gasteiger partial charge in [-0.05, 0) is 24.7 Å². The smallest absolute Gasteiger partial charge is 0.319 e. The third-order valence-corrected chi connectivity index (χ3v) is 2.90. The molecule has 0 saturated heterocycles. The van der Waals surface area contributed by atoms with E-state index in [-0.39, 0.29) is 12.5 Å². The van der Waals surface area contributed by atoms with Gasteiger partial charge in [0.1, 0.15) is 11.4 Å². The molecule has 0 spiro atoms. The topological polar surface area (TPSA) is 82.1 Å². The van der Waals surface area contributed by atoms with E-state index in [1.54, 1.807) is 19.2 Å². The number of hydrogen-bond donors (Lipinski definition) is 0. The third kappa shape index (κ3) is 5.66.